The van der Waals surface area contributed by atoms with Gasteiger partial charge in [0.2, 0.25) is 0 Å². The van der Waals surface area contributed by atoms with Gasteiger partial charge in [-0.2, -0.15) is 0 Å². The number of hydrogen-bond acceptors (Lipinski definition) is 5. The average molecular weight is 513 g/mol. The maximum absolute atomic E-state index is 11.9. The van der Waals surface area contributed by atoms with Gasteiger partial charge in [0.15, 0.2) is 17.4 Å². The van der Waals surface area contributed by atoms with Crippen molar-refractivity contribution in [3.05, 3.63) is 52.6 Å². The molecule has 0 aliphatic carbocycles. The van der Waals surface area contributed by atoms with Crippen molar-refractivity contribution >= 4 is 52.8 Å². The van der Waals surface area contributed by atoms with Gasteiger partial charge < -0.3 is 16.0 Å². The maximum Gasteiger partial charge on any atom is 0.261 e. The zero-order valence-electron chi connectivity index (χ0n) is 15.6. The second-order valence-electron chi connectivity index (χ2n) is 5.75. The summed E-state index contributed by atoms with van der Waals surface area (Å²) in [6.45, 7) is 4.52. The van der Waals surface area contributed by atoms with E-state index in [9.17, 15) is 4.79 Å². The summed E-state index contributed by atoms with van der Waals surface area (Å²) in [5, 5.41) is 19.6. The van der Waals surface area contributed by atoms with Gasteiger partial charge in [-0.05, 0) is 36.9 Å². The Morgan fingerprint density at radius 2 is 2.00 bits per heavy atom. The van der Waals surface area contributed by atoms with Crippen molar-refractivity contribution in [2.75, 3.05) is 19.6 Å². The van der Waals surface area contributed by atoms with Crippen LogP contribution >= 0.6 is 35.3 Å². The Morgan fingerprint density at radius 3 is 2.79 bits per heavy atom. The number of pyridine rings is 1. The molecule has 28 heavy (non-hydrogen) atoms. The molecule has 0 aliphatic heterocycles. The molecule has 8 nitrogen and oxygen atoms in total. The predicted octanol–water partition coefficient (Wildman–Crippen LogP) is 2.28. The van der Waals surface area contributed by atoms with Crippen LogP contribution in [-0.4, -0.2) is 46.1 Å². The number of nitrogens with zero attached hydrogens (tertiary/aromatic N) is 4. The van der Waals surface area contributed by atoms with E-state index in [4.69, 9.17) is 0 Å². The molecule has 1 amide bonds. The summed E-state index contributed by atoms with van der Waals surface area (Å²) in [5.41, 5.74) is 0.808. The number of hydrogen-bond donors (Lipinski definition) is 3. The minimum Gasteiger partial charge on any atom is -0.357 e. The Morgan fingerprint density at radius 1 is 1.14 bits per heavy atom. The van der Waals surface area contributed by atoms with Crippen LogP contribution in [0.4, 0.5) is 0 Å². The molecule has 3 N–H and O–H groups in total. The first kappa shape index (κ1) is 22.1. The van der Waals surface area contributed by atoms with Crippen molar-refractivity contribution in [3.8, 4) is 0 Å². The number of aliphatic imine (C=N–C) groups is 1. The summed E-state index contributed by atoms with van der Waals surface area (Å²) >= 11 is 1.44. The van der Waals surface area contributed by atoms with Gasteiger partial charge in [-0.3, -0.25) is 9.20 Å². The summed E-state index contributed by atoms with van der Waals surface area (Å²) < 4.78 is 1.92. The second-order valence-corrected chi connectivity index (χ2v) is 6.70. The molecule has 150 valence electrons. The summed E-state index contributed by atoms with van der Waals surface area (Å²) in [6.07, 6.45) is 2.73. The smallest absolute Gasteiger partial charge is 0.261 e. The van der Waals surface area contributed by atoms with Gasteiger partial charge in [0.05, 0.1) is 4.88 Å². The highest BCUT2D eigenvalue weighted by Crippen LogP contribution is 2.07. The van der Waals surface area contributed by atoms with Crippen LogP contribution in [0.25, 0.3) is 5.65 Å². The van der Waals surface area contributed by atoms with Crippen LogP contribution < -0.4 is 16.0 Å². The lowest BCUT2D eigenvalue weighted by Crippen LogP contribution is -2.38. The third-order valence-electron chi connectivity index (χ3n) is 3.78. The molecular formula is C18H24IN7OS. The first-order valence-corrected chi connectivity index (χ1v) is 9.78. The SMILES string of the molecule is CCNC(=NCc1nnc2ccccn12)NCCCNC(=O)c1cccs1.I. The van der Waals surface area contributed by atoms with Crippen molar-refractivity contribution in [1.29, 1.82) is 0 Å². The van der Waals surface area contributed by atoms with E-state index in [-0.39, 0.29) is 29.9 Å². The fraction of sp³-hybridized carbons (Fsp3) is 0.333. The van der Waals surface area contributed by atoms with Crippen molar-refractivity contribution < 1.29 is 4.79 Å². The number of amides is 1. The summed E-state index contributed by atoms with van der Waals surface area (Å²) in [6, 6.07) is 9.48. The highest BCUT2D eigenvalue weighted by molar-refractivity contribution is 14.0. The van der Waals surface area contributed by atoms with E-state index in [2.05, 4.69) is 31.1 Å². The Bertz CT molecular complexity index is 894. The number of guanidine groups is 1. The molecule has 0 atom stereocenters. The molecule has 3 aromatic rings. The molecule has 3 rings (SSSR count). The van der Waals surface area contributed by atoms with E-state index in [1.165, 1.54) is 11.3 Å². The van der Waals surface area contributed by atoms with E-state index in [0.29, 0.717) is 19.6 Å². The lowest BCUT2D eigenvalue weighted by molar-refractivity contribution is 0.0957. The average Bonchev–Trinajstić information content (AvgIpc) is 3.36. The molecule has 0 bridgehead atoms. The minimum atomic E-state index is -0.0238. The summed E-state index contributed by atoms with van der Waals surface area (Å²) in [5.74, 6) is 1.48. The van der Waals surface area contributed by atoms with Gasteiger partial charge in [0, 0.05) is 25.8 Å². The Kier molecular flexibility index (Phi) is 9.14. The van der Waals surface area contributed by atoms with E-state index in [1.807, 2.05) is 53.2 Å². The van der Waals surface area contributed by atoms with Crippen LogP contribution in [0.1, 0.15) is 28.8 Å². The van der Waals surface area contributed by atoms with E-state index >= 15 is 0 Å². The van der Waals surface area contributed by atoms with Crippen LogP contribution in [0.3, 0.4) is 0 Å². The molecule has 0 aliphatic rings. The normalized spacial score (nSPS) is 11.1. The molecule has 0 spiro atoms. The fourth-order valence-electron chi connectivity index (χ4n) is 2.48. The van der Waals surface area contributed by atoms with Crippen LogP contribution in [-0.2, 0) is 6.54 Å². The number of halogens is 1. The van der Waals surface area contributed by atoms with Gasteiger partial charge in [-0.15, -0.1) is 45.5 Å². The highest BCUT2D eigenvalue weighted by atomic mass is 127. The van der Waals surface area contributed by atoms with Gasteiger partial charge >= 0.3 is 0 Å². The third-order valence-corrected chi connectivity index (χ3v) is 4.65. The van der Waals surface area contributed by atoms with Crippen molar-refractivity contribution in [1.82, 2.24) is 30.5 Å². The van der Waals surface area contributed by atoms with Crippen molar-refractivity contribution in [3.63, 3.8) is 0 Å². The highest BCUT2D eigenvalue weighted by Gasteiger charge is 2.06. The number of nitrogens with one attached hydrogen (secondary N) is 3. The molecule has 0 saturated carbocycles. The number of carbonyl (C=O) groups is 1. The van der Waals surface area contributed by atoms with Gasteiger partial charge in [0.1, 0.15) is 6.54 Å². The van der Waals surface area contributed by atoms with Crippen LogP contribution in [0.5, 0.6) is 0 Å². The Labute approximate surface area is 184 Å². The Hall–Kier alpha value is -2.21. The molecule has 10 heteroatoms. The fourth-order valence-corrected chi connectivity index (χ4v) is 3.12. The number of carbonyl (C=O) groups excluding carboxylic acids is 1. The van der Waals surface area contributed by atoms with Crippen LogP contribution in [0.15, 0.2) is 46.9 Å². The lowest BCUT2D eigenvalue weighted by Gasteiger charge is -2.11. The van der Waals surface area contributed by atoms with Gasteiger partial charge in [0.25, 0.3) is 5.91 Å². The minimum absolute atomic E-state index is 0. The maximum atomic E-state index is 11.9. The number of aromatic nitrogens is 3. The summed E-state index contributed by atoms with van der Waals surface area (Å²) in [4.78, 5) is 17.2. The van der Waals surface area contributed by atoms with Crippen LogP contribution in [0.2, 0.25) is 0 Å². The number of thiophene rings is 1. The topological polar surface area (TPSA) is 95.7 Å². The van der Waals surface area contributed by atoms with Crippen molar-refractivity contribution in [2.45, 2.75) is 19.9 Å². The molecular weight excluding hydrogens is 489 g/mol. The number of fused-ring (bicyclic) bond motifs is 1. The van der Waals surface area contributed by atoms with Crippen LogP contribution in [0, 0.1) is 0 Å². The quantitative estimate of drug-likeness (QED) is 0.186. The summed E-state index contributed by atoms with van der Waals surface area (Å²) in [7, 11) is 0. The van der Waals surface area contributed by atoms with Gasteiger partial charge in [-0.25, -0.2) is 4.99 Å². The van der Waals surface area contributed by atoms with Gasteiger partial charge in [-0.1, -0.05) is 12.1 Å². The first-order chi connectivity index (χ1) is 13.3. The third kappa shape index (κ3) is 6.16. The van der Waals surface area contributed by atoms with E-state index < -0.39 is 0 Å². The Balaban J connectivity index is 0.00000280. The molecule has 3 aromatic heterocycles. The van der Waals surface area contributed by atoms with E-state index in [0.717, 1.165) is 35.3 Å². The molecule has 0 saturated heterocycles. The number of rotatable bonds is 8. The zero-order valence-corrected chi connectivity index (χ0v) is 18.7. The predicted molar refractivity (Wildman–Crippen MR) is 122 cm³/mol. The zero-order chi connectivity index (χ0) is 18.9. The second kappa shape index (κ2) is 11.6. The standard InChI is InChI=1S/C18H23N7OS.HI/c1-2-19-18(21-10-6-9-20-17(26)14-7-5-12-27-14)22-13-16-24-23-15-8-3-4-11-25(15)16;/h3-5,7-8,11-12H,2,6,9-10,13H2,1H3,(H,20,26)(H2,19,21,22);1H. The first-order valence-electron chi connectivity index (χ1n) is 8.90. The largest absolute Gasteiger partial charge is 0.357 e. The lowest BCUT2D eigenvalue weighted by atomic mass is 10.4. The molecule has 3 heterocycles. The molecule has 0 radical (unpaired) electrons. The van der Waals surface area contributed by atoms with Crippen molar-refractivity contribution in [2.24, 2.45) is 4.99 Å². The molecule has 0 aromatic carbocycles. The monoisotopic (exact) mass is 513 g/mol. The molecule has 0 fully saturated rings. The molecule has 0 unspecified atom stereocenters. The van der Waals surface area contributed by atoms with E-state index in [1.54, 1.807) is 0 Å².